The van der Waals surface area contributed by atoms with Crippen LogP contribution in [0, 0.1) is 6.92 Å². The van der Waals surface area contributed by atoms with Gasteiger partial charge in [-0.25, -0.2) is 0 Å². The molecule has 44 valence electrons. The second-order valence-corrected chi connectivity index (χ2v) is 1.91. The van der Waals surface area contributed by atoms with Crippen LogP contribution in [0.5, 0.6) is 0 Å². The SMILES string of the molecule is Cc1cccc(N)c1.[H-].[Na+]. The summed E-state index contributed by atoms with van der Waals surface area (Å²) in [7, 11) is 0. The van der Waals surface area contributed by atoms with E-state index in [1.165, 1.54) is 5.56 Å². The molecule has 0 fully saturated rings. The first-order chi connectivity index (χ1) is 3.79. The Bertz CT molecular complexity index is 173. The maximum absolute atomic E-state index is 5.46. The van der Waals surface area contributed by atoms with Gasteiger partial charge in [0.15, 0.2) is 0 Å². The van der Waals surface area contributed by atoms with Crippen LogP contribution in [0.4, 0.5) is 5.69 Å². The van der Waals surface area contributed by atoms with E-state index in [0.717, 1.165) is 5.69 Å². The molecule has 1 rings (SSSR count). The van der Waals surface area contributed by atoms with Gasteiger partial charge in [-0.15, -0.1) is 0 Å². The van der Waals surface area contributed by atoms with Crippen LogP contribution in [-0.2, 0) is 0 Å². The van der Waals surface area contributed by atoms with Crippen molar-refractivity contribution in [3.8, 4) is 0 Å². The van der Waals surface area contributed by atoms with E-state index >= 15 is 0 Å². The molecule has 0 unspecified atom stereocenters. The molecule has 0 saturated heterocycles. The molecular formula is C7H10NNa. The van der Waals surface area contributed by atoms with E-state index < -0.39 is 0 Å². The van der Waals surface area contributed by atoms with Gasteiger partial charge < -0.3 is 7.16 Å². The molecule has 0 aliphatic rings. The summed E-state index contributed by atoms with van der Waals surface area (Å²) in [4.78, 5) is 0. The predicted octanol–water partition coefficient (Wildman–Crippen LogP) is -1.31. The molecule has 2 N–H and O–H groups in total. The van der Waals surface area contributed by atoms with E-state index in [0.29, 0.717) is 0 Å². The zero-order valence-corrected chi connectivity index (χ0v) is 7.89. The standard InChI is InChI=1S/C7H9N.Na.H/c1-6-3-2-4-7(8)5-6;;/h2-5H,8H2,1H3;;/q;+1;-1. The minimum absolute atomic E-state index is 0. The fraction of sp³-hybridized carbons (Fsp3) is 0.143. The summed E-state index contributed by atoms with van der Waals surface area (Å²) in [5.74, 6) is 0. The second-order valence-electron chi connectivity index (χ2n) is 1.91. The molecule has 0 aliphatic heterocycles. The zero-order valence-electron chi connectivity index (χ0n) is 6.89. The van der Waals surface area contributed by atoms with Gasteiger partial charge in [0.2, 0.25) is 0 Å². The first-order valence-electron chi connectivity index (χ1n) is 2.61. The van der Waals surface area contributed by atoms with Gasteiger partial charge in [-0.3, -0.25) is 0 Å². The van der Waals surface area contributed by atoms with E-state index in [1.54, 1.807) is 0 Å². The maximum Gasteiger partial charge on any atom is 1.00 e. The Morgan fingerprint density at radius 3 is 2.44 bits per heavy atom. The van der Waals surface area contributed by atoms with Gasteiger partial charge in [0.25, 0.3) is 0 Å². The minimum atomic E-state index is 0. The van der Waals surface area contributed by atoms with Gasteiger partial charge in [-0.2, -0.15) is 0 Å². The molecule has 1 nitrogen and oxygen atoms in total. The minimum Gasteiger partial charge on any atom is -1.00 e. The molecule has 0 atom stereocenters. The number of benzene rings is 1. The summed E-state index contributed by atoms with van der Waals surface area (Å²) < 4.78 is 0. The maximum atomic E-state index is 5.46. The van der Waals surface area contributed by atoms with Gasteiger partial charge in [0.1, 0.15) is 0 Å². The molecule has 0 spiro atoms. The number of aryl methyl sites for hydroxylation is 1. The van der Waals surface area contributed by atoms with Gasteiger partial charge in [0, 0.05) is 5.69 Å². The van der Waals surface area contributed by atoms with Crippen LogP contribution in [-0.4, -0.2) is 0 Å². The van der Waals surface area contributed by atoms with Crippen LogP contribution in [0.1, 0.15) is 6.99 Å². The molecule has 0 bridgehead atoms. The van der Waals surface area contributed by atoms with Crippen molar-refractivity contribution in [2.45, 2.75) is 6.92 Å². The third kappa shape index (κ3) is 2.89. The van der Waals surface area contributed by atoms with Gasteiger partial charge in [-0.05, 0) is 24.6 Å². The van der Waals surface area contributed by atoms with Crippen molar-refractivity contribution in [2.75, 3.05) is 5.73 Å². The van der Waals surface area contributed by atoms with E-state index in [9.17, 15) is 0 Å². The Hall–Kier alpha value is 0.0200. The molecule has 1 aromatic carbocycles. The molecule has 0 saturated carbocycles. The smallest absolute Gasteiger partial charge is 1.00 e. The van der Waals surface area contributed by atoms with Gasteiger partial charge >= 0.3 is 29.6 Å². The summed E-state index contributed by atoms with van der Waals surface area (Å²) in [6, 6.07) is 7.80. The molecule has 0 amide bonds. The van der Waals surface area contributed by atoms with Crippen molar-refractivity contribution in [1.29, 1.82) is 0 Å². The monoisotopic (exact) mass is 131 g/mol. The normalized spacial score (nSPS) is 8.11. The molecule has 0 aromatic heterocycles. The third-order valence-corrected chi connectivity index (χ3v) is 1.04. The van der Waals surface area contributed by atoms with Crippen molar-refractivity contribution < 1.29 is 31.0 Å². The Morgan fingerprint density at radius 2 is 2.11 bits per heavy atom. The van der Waals surface area contributed by atoms with Gasteiger partial charge in [0.05, 0.1) is 0 Å². The zero-order chi connectivity index (χ0) is 5.98. The Labute approximate surface area is 79.0 Å². The van der Waals surface area contributed by atoms with Crippen molar-refractivity contribution in [2.24, 2.45) is 0 Å². The summed E-state index contributed by atoms with van der Waals surface area (Å²) in [5, 5.41) is 0. The molecule has 2 heteroatoms. The summed E-state index contributed by atoms with van der Waals surface area (Å²) in [6.45, 7) is 2.02. The first kappa shape index (κ1) is 9.02. The van der Waals surface area contributed by atoms with Crippen LogP contribution in [0.3, 0.4) is 0 Å². The van der Waals surface area contributed by atoms with Crippen molar-refractivity contribution >= 4 is 5.69 Å². The van der Waals surface area contributed by atoms with E-state index in [-0.39, 0.29) is 31.0 Å². The van der Waals surface area contributed by atoms with Gasteiger partial charge in [-0.1, -0.05) is 12.1 Å². The fourth-order valence-electron chi connectivity index (χ4n) is 0.670. The van der Waals surface area contributed by atoms with Crippen LogP contribution < -0.4 is 35.3 Å². The molecular weight excluding hydrogens is 121 g/mol. The Balaban J connectivity index is 0. The summed E-state index contributed by atoms with van der Waals surface area (Å²) in [6.07, 6.45) is 0. The number of anilines is 1. The van der Waals surface area contributed by atoms with Crippen LogP contribution >= 0.6 is 0 Å². The number of nitrogens with two attached hydrogens (primary N) is 1. The predicted molar refractivity (Wildman–Crippen MR) is 36.7 cm³/mol. The molecule has 0 heterocycles. The van der Waals surface area contributed by atoms with E-state index in [2.05, 4.69) is 0 Å². The largest absolute Gasteiger partial charge is 1.00 e. The van der Waals surface area contributed by atoms with E-state index in [1.807, 2.05) is 31.2 Å². The molecule has 0 aliphatic carbocycles. The number of nitrogen functional groups attached to an aromatic ring is 1. The topological polar surface area (TPSA) is 26.0 Å². The quantitative estimate of drug-likeness (QED) is 0.343. The van der Waals surface area contributed by atoms with Crippen LogP contribution in [0.2, 0.25) is 0 Å². The second kappa shape index (κ2) is 3.94. The number of hydrogen-bond donors (Lipinski definition) is 1. The Kier molecular flexibility index (Phi) is 3.95. The van der Waals surface area contributed by atoms with Crippen LogP contribution in [0.15, 0.2) is 24.3 Å². The summed E-state index contributed by atoms with van der Waals surface area (Å²) >= 11 is 0. The first-order valence-corrected chi connectivity index (χ1v) is 2.61. The number of hydrogen-bond acceptors (Lipinski definition) is 1. The summed E-state index contributed by atoms with van der Waals surface area (Å²) in [5.41, 5.74) is 7.51. The third-order valence-electron chi connectivity index (χ3n) is 1.04. The molecule has 1 aromatic rings. The van der Waals surface area contributed by atoms with E-state index in [4.69, 9.17) is 5.73 Å². The number of rotatable bonds is 0. The molecule has 9 heavy (non-hydrogen) atoms. The Morgan fingerprint density at radius 1 is 1.44 bits per heavy atom. The van der Waals surface area contributed by atoms with Crippen molar-refractivity contribution in [3.63, 3.8) is 0 Å². The van der Waals surface area contributed by atoms with Crippen LogP contribution in [0.25, 0.3) is 0 Å². The molecule has 0 radical (unpaired) electrons. The average molecular weight is 131 g/mol. The van der Waals surface area contributed by atoms with Crippen molar-refractivity contribution in [1.82, 2.24) is 0 Å². The average Bonchev–Trinajstić information content (AvgIpc) is 1.64. The van der Waals surface area contributed by atoms with Crippen molar-refractivity contribution in [3.05, 3.63) is 29.8 Å². The fourth-order valence-corrected chi connectivity index (χ4v) is 0.670.